The molecule has 1 rings (SSSR count). The lowest BCUT2D eigenvalue weighted by atomic mass is 10.5. The number of hydrogen-bond acceptors (Lipinski definition) is 3. The molecule has 0 aromatic heterocycles. The van der Waals surface area contributed by atoms with Gasteiger partial charge in [-0.3, -0.25) is 9.69 Å². The molecule has 1 fully saturated rings. The molecule has 1 aliphatic heterocycles. The third kappa shape index (κ3) is 2.45. The Morgan fingerprint density at radius 3 is 2.60 bits per heavy atom. The van der Waals surface area contributed by atoms with E-state index in [0.29, 0.717) is 6.54 Å². The molecule has 0 unspecified atom stereocenters. The fourth-order valence-electron chi connectivity index (χ4n) is 1.18. The number of piperazine rings is 1. The Bertz CT molecular complexity index is 119. The van der Waals surface area contributed by atoms with Gasteiger partial charge in [-0.25, -0.2) is 0 Å². The highest BCUT2D eigenvalue weighted by Gasteiger charge is 2.09. The van der Waals surface area contributed by atoms with Crippen molar-refractivity contribution in [2.24, 2.45) is 0 Å². The normalized spacial score (nSPS) is 20.9. The number of nitrogens with one attached hydrogen (secondary N) is 1. The van der Waals surface area contributed by atoms with Crippen LogP contribution in [0.15, 0.2) is 0 Å². The van der Waals surface area contributed by atoms with Crippen molar-refractivity contribution in [2.75, 3.05) is 32.7 Å². The minimum absolute atomic E-state index is 0.266. The first-order chi connectivity index (χ1) is 4.79. The quantitative estimate of drug-likeness (QED) is 0.419. The first-order valence-corrected chi connectivity index (χ1v) is 3.71. The maximum Gasteiger partial charge on any atom is 0.143 e. The highest BCUT2D eigenvalue weighted by atomic mass is 16.2. The molecule has 1 heterocycles. The number of hydrogen-bond donors (Lipinski definition) is 1. The smallest absolute Gasteiger partial charge is 0.143 e. The summed E-state index contributed by atoms with van der Waals surface area (Å²) >= 11 is 0. The fraction of sp³-hybridized carbons (Fsp3) is 0.857. The molecular formula is C7H14N2O. The van der Waals surface area contributed by atoms with Crippen molar-refractivity contribution in [3.8, 4) is 0 Å². The molecule has 0 spiro atoms. The molecule has 0 aromatic carbocycles. The van der Waals surface area contributed by atoms with E-state index in [-0.39, 0.29) is 5.78 Å². The first-order valence-electron chi connectivity index (χ1n) is 3.71. The van der Waals surface area contributed by atoms with Crippen molar-refractivity contribution in [2.45, 2.75) is 6.92 Å². The maximum absolute atomic E-state index is 10.6. The van der Waals surface area contributed by atoms with Crippen LogP contribution in [0.4, 0.5) is 0 Å². The second-order valence-electron chi connectivity index (χ2n) is 2.73. The molecule has 1 N–H and O–H groups in total. The van der Waals surface area contributed by atoms with Gasteiger partial charge in [0.1, 0.15) is 5.78 Å². The minimum Gasteiger partial charge on any atom is -0.314 e. The summed E-state index contributed by atoms with van der Waals surface area (Å²) in [4.78, 5) is 12.8. The summed E-state index contributed by atoms with van der Waals surface area (Å²) in [5.41, 5.74) is 0. The van der Waals surface area contributed by atoms with Crippen molar-refractivity contribution in [1.29, 1.82) is 0 Å². The molecule has 0 amide bonds. The molecule has 0 saturated carbocycles. The zero-order valence-electron chi connectivity index (χ0n) is 6.39. The van der Waals surface area contributed by atoms with Crippen molar-refractivity contribution < 1.29 is 4.79 Å². The summed E-state index contributed by atoms with van der Waals surface area (Å²) in [6, 6.07) is 0. The van der Waals surface area contributed by atoms with Crippen LogP contribution in [0.3, 0.4) is 0 Å². The molecule has 0 aromatic rings. The molecular weight excluding hydrogens is 131 g/mol. The molecule has 0 radical (unpaired) electrons. The van der Waals surface area contributed by atoms with Gasteiger partial charge in [0.2, 0.25) is 0 Å². The molecule has 1 saturated heterocycles. The van der Waals surface area contributed by atoms with Gasteiger partial charge < -0.3 is 5.32 Å². The molecule has 10 heavy (non-hydrogen) atoms. The number of ketones is 1. The summed E-state index contributed by atoms with van der Waals surface area (Å²) < 4.78 is 0. The Morgan fingerprint density at radius 1 is 1.50 bits per heavy atom. The SMILES string of the molecule is CC(=O)[13CH2][15N]1CC[15NH]CC1. The van der Waals surface area contributed by atoms with Crippen LogP contribution >= 0.6 is 0 Å². The average molecular weight is 145 g/mol. The topological polar surface area (TPSA) is 32.3 Å². The third-order valence-corrected chi connectivity index (χ3v) is 1.66. The summed E-state index contributed by atoms with van der Waals surface area (Å²) in [5, 5.41) is 3.23. The summed E-state index contributed by atoms with van der Waals surface area (Å²) in [6.07, 6.45) is 0. The van der Waals surface area contributed by atoms with Gasteiger partial charge >= 0.3 is 0 Å². The van der Waals surface area contributed by atoms with E-state index in [1.807, 2.05) is 0 Å². The Labute approximate surface area is 61.4 Å². The lowest BCUT2D eigenvalue weighted by molar-refractivity contribution is -0.118. The van der Waals surface area contributed by atoms with Gasteiger partial charge in [-0.15, -0.1) is 0 Å². The van der Waals surface area contributed by atoms with Gasteiger partial charge in [0.25, 0.3) is 0 Å². The molecule has 0 bridgehead atoms. The van der Waals surface area contributed by atoms with E-state index in [4.69, 9.17) is 0 Å². The average Bonchev–Trinajstić information content (AvgIpc) is 1.88. The summed E-state index contributed by atoms with van der Waals surface area (Å²) in [5.74, 6) is 0.266. The van der Waals surface area contributed by atoms with Gasteiger partial charge in [-0.05, 0) is 6.92 Å². The van der Waals surface area contributed by atoms with Crippen LogP contribution in [-0.2, 0) is 4.79 Å². The van der Waals surface area contributed by atoms with Crippen molar-refractivity contribution in [1.82, 2.24) is 10.2 Å². The zero-order valence-corrected chi connectivity index (χ0v) is 6.39. The van der Waals surface area contributed by atoms with Crippen LogP contribution in [0, 0.1) is 0 Å². The number of Topliss-reactive ketones (excluding diaryl/α,β-unsaturated/α-hetero) is 1. The van der Waals surface area contributed by atoms with E-state index in [2.05, 4.69) is 10.2 Å². The van der Waals surface area contributed by atoms with Gasteiger partial charge in [0.05, 0.1) is 6.54 Å². The predicted octanol–water partition coefficient (Wildman–Crippen LogP) is -0.519. The van der Waals surface area contributed by atoms with Gasteiger partial charge in [-0.2, -0.15) is 0 Å². The van der Waals surface area contributed by atoms with Crippen LogP contribution in [0.2, 0.25) is 0 Å². The highest BCUT2D eigenvalue weighted by molar-refractivity contribution is 5.77. The van der Waals surface area contributed by atoms with E-state index in [9.17, 15) is 4.79 Å². The molecule has 3 heteroatoms. The number of nitrogens with zero attached hydrogens (tertiary/aromatic N) is 1. The molecule has 0 aliphatic carbocycles. The first kappa shape index (κ1) is 7.69. The minimum atomic E-state index is 0.266. The molecule has 58 valence electrons. The monoisotopic (exact) mass is 145 g/mol. The van der Waals surface area contributed by atoms with E-state index < -0.39 is 0 Å². The largest absolute Gasteiger partial charge is 0.314 e. The summed E-state index contributed by atoms with van der Waals surface area (Å²) in [7, 11) is 0. The zero-order chi connectivity index (χ0) is 7.40. The number of carbonyl (C=O) groups excluding carboxylic acids is 1. The maximum atomic E-state index is 10.6. The van der Waals surface area contributed by atoms with Crippen molar-refractivity contribution in [3.63, 3.8) is 0 Å². The Balaban J connectivity index is 2.19. The van der Waals surface area contributed by atoms with Crippen LogP contribution in [0.5, 0.6) is 0 Å². The molecule has 1 aliphatic rings. The van der Waals surface area contributed by atoms with Crippen molar-refractivity contribution >= 4 is 5.78 Å². The second kappa shape index (κ2) is 3.68. The molecule has 0 atom stereocenters. The van der Waals surface area contributed by atoms with Crippen LogP contribution in [0.1, 0.15) is 6.92 Å². The number of carbonyl (C=O) groups is 1. The summed E-state index contributed by atoms with van der Waals surface area (Å²) in [6.45, 7) is 6.34. The van der Waals surface area contributed by atoms with Gasteiger partial charge in [0, 0.05) is 26.2 Å². The standard InChI is InChI=1S/C7H14N2O/c1-7(10)6-9-4-2-8-3-5-9/h8H,2-6H2,1H3/i6+1,8+1,9+1. The predicted molar refractivity (Wildman–Crippen MR) is 40.0 cm³/mol. The van der Waals surface area contributed by atoms with Crippen LogP contribution in [-0.4, -0.2) is 43.4 Å². The molecule has 3 nitrogen and oxygen atoms in total. The van der Waals surface area contributed by atoms with E-state index in [0.717, 1.165) is 26.2 Å². The highest BCUT2D eigenvalue weighted by Crippen LogP contribution is 1.90. The lowest BCUT2D eigenvalue weighted by Gasteiger charge is -2.25. The Hall–Kier alpha value is -0.410. The second-order valence-corrected chi connectivity index (χ2v) is 2.73. The fourth-order valence-corrected chi connectivity index (χ4v) is 1.18. The Kier molecular flexibility index (Phi) is 2.83. The third-order valence-electron chi connectivity index (χ3n) is 1.66. The van der Waals surface area contributed by atoms with E-state index in [1.54, 1.807) is 6.92 Å². The van der Waals surface area contributed by atoms with E-state index >= 15 is 0 Å². The Morgan fingerprint density at radius 2 is 2.10 bits per heavy atom. The number of rotatable bonds is 2. The van der Waals surface area contributed by atoms with Crippen LogP contribution < -0.4 is 5.32 Å². The van der Waals surface area contributed by atoms with Gasteiger partial charge in [0.15, 0.2) is 0 Å². The van der Waals surface area contributed by atoms with Crippen LogP contribution in [0.25, 0.3) is 0 Å². The van der Waals surface area contributed by atoms with Gasteiger partial charge in [-0.1, -0.05) is 0 Å². The van der Waals surface area contributed by atoms with E-state index in [1.165, 1.54) is 0 Å². The lowest BCUT2D eigenvalue weighted by Crippen LogP contribution is -2.45. The van der Waals surface area contributed by atoms with Crippen molar-refractivity contribution in [3.05, 3.63) is 0 Å².